The van der Waals surface area contributed by atoms with Crippen LogP contribution in [0, 0.1) is 6.92 Å². The molecule has 0 aliphatic rings. The summed E-state index contributed by atoms with van der Waals surface area (Å²) in [5.41, 5.74) is 3.70. The number of hydrogen-bond acceptors (Lipinski definition) is 4. The van der Waals surface area contributed by atoms with Crippen LogP contribution in [-0.4, -0.2) is 19.7 Å². The van der Waals surface area contributed by atoms with Crippen molar-refractivity contribution < 1.29 is 8.42 Å². The maximum Gasteiger partial charge on any atom is 0.229 e. The number of rotatable bonds is 5. The van der Waals surface area contributed by atoms with Crippen molar-refractivity contribution in [2.45, 2.75) is 13.3 Å². The molecule has 0 unspecified atom stereocenters. The maximum absolute atomic E-state index is 11.3. The van der Waals surface area contributed by atoms with Gasteiger partial charge in [-0.05, 0) is 36.8 Å². The van der Waals surface area contributed by atoms with E-state index in [0.717, 1.165) is 38.3 Å². The Morgan fingerprint density at radius 2 is 1.72 bits per heavy atom. The maximum atomic E-state index is 11.3. The molecule has 1 N–H and O–H groups in total. The van der Waals surface area contributed by atoms with Gasteiger partial charge < -0.3 is 0 Å². The number of nitrogens with one attached hydrogen (secondary N) is 1. The van der Waals surface area contributed by atoms with Crippen LogP contribution < -0.4 is 4.72 Å². The monoisotopic (exact) mass is 436 g/mol. The molecular weight excluding hydrogens is 420 g/mol. The van der Waals surface area contributed by atoms with Crippen molar-refractivity contribution in [2.75, 3.05) is 11.0 Å². The summed E-state index contributed by atoms with van der Waals surface area (Å²) in [7, 11) is -3.26. The molecule has 0 bridgehead atoms. The number of nitrogens with zero attached hydrogens (tertiary/aromatic N) is 1. The van der Waals surface area contributed by atoms with E-state index in [1.165, 1.54) is 5.56 Å². The van der Waals surface area contributed by atoms with Gasteiger partial charge in [0.15, 0.2) is 0 Å². The van der Waals surface area contributed by atoms with E-state index in [0.29, 0.717) is 5.69 Å². The molecule has 0 atom stereocenters. The van der Waals surface area contributed by atoms with Crippen molar-refractivity contribution in [1.29, 1.82) is 0 Å². The van der Waals surface area contributed by atoms with E-state index in [1.807, 2.05) is 24.3 Å². The summed E-state index contributed by atoms with van der Waals surface area (Å²) < 4.78 is 26.1. The van der Waals surface area contributed by atoms with Crippen molar-refractivity contribution in [3.8, 4) is 11.3 Å². The van der Waals surface area contributed by atoms with Gasteiger partial charge in [-0.25, -0.2) is 13.4 Å². The van der Waals surface area contributed by atoms with E-state index >= 15 is 0 Å². The summed E-state index contributed by atoms with van der Waals surface area (Å²) >= 11 is 5.13. The van der Waals surface area contributed by atoms with Crippen LogP contribution in [0.15, 0.2) is 53.0 Å². The van der Waals surface area contributed by atoms with Gasteiger partial charge in [-0.1, -0.05) is 40.2 Å². The Balaban J connectivity index is 1.81. The van der Waals surface area contributed by atoms with Crippen LogP contribution in [0.3, 0.4) is 0 Å². The third-order valence-electron chi connectivity index (χ3n) is 3.57. The summed E-state index contributed by atoms with van der Waals surface area (Å²) in [6.45, 7) is 2.06. The van der Waals surface area contributed by atoms with E-state index in [1.54, 1.807) is 23.5 Å². The molecule has 0 saturated heterocycles. The normalized spacial score (nSPS) is 11.5. The fourth-order valence-corrected chi connectivity index (χ4v) is 4.30. The van der Waals surface area contributed by atoms with Crippen LogP contribution in [0.1, 0.15) is 15.4 Å². The Hall–Kier alpha value is -1.70. The van der Waals surface area contributed by atoms with Crippen molar-refractivity contribution in [3.05, 3.63) is 68.5 Å². The highest BCUT2D eigenvalue weighted by Crippen LogP contribution is 2.29. The first-order chi connectivity index (χ1) is 11.8. The second kappa shape index (κ2) is 7.27. The summed E-state index contributed by atoms with van der Waals surface area (Å²) in [6.07, 6.45) is 1.94. The first-order valence-corrected chi connectivity index (χ1v) is 11.1. The number of benzene rings is 2. The number of sulfonamides is 1. The SMILES string of the molecule is Cc1sc(Cc2ccc(Br)cc2)nc1-c1ccc(NS(C)(=O)=O)cc1. The van der Waals surface area contributed by atoms with Gasteiger partial charge in [0.05, 0.1) is 17.0 Å². The molecule has 0 amide bonds. The van der Waals surface area contributed by atoms with Gasteiger partial charge in [-0.15, -0.1) is 11.3 Å². The molecule has 0 fully saturated rings. The van der Waals surface area contributed by atoms with E-state index < -0.39 is 10.0 Å². The first kappa shape index (κ1) is 18.1. The number of hydrogen-bond donors (Lipinski definition) is 1. The molecule has 1 aromatic heterocycles. The molecule has 2 aromatic carbocycles. The molecular formula is C18H17BrN2O2S2. The molecule has 0 aliphatic carbocycles. The van der Waals surface area contributed by atoms with Crippen LogP contribution in [0.5, 0.6) is 0 Å². The molecule has 4 nitrogen and oxygen atoms in total. The quantitative estimate of drug-likeness (QED) is 0.621. The predicted octanol–water partition coefficient (Wildman–Crippen LogP) is 4.84. The molecule has 130 valence electrons. The molecule has 3 rings (SSSR count). The van der Waals surface area contributed by atoms with Gasteiger partial charge in [0.1, 0.15) is 0 Å². The average Bonchev–Trinajstić information content (AvgIpc) is 2.89. The zero-order chi connectivity index (χ0) is 18.0. The van der Waals surface area contributed by atoms with Crippen molar-refractivity contribution in [2.24, 2.45) is 0 Å². The highest BCUT2D eigenvalue weighted by molar-refractivity contribution is 9.10. The highest BCUT2D eigenvalue weighted by atomic mass is 79.9. The predicted molar refractivity (Wildman–Crippen MR) is 108 cm³/mol. The lowest BCUT2D eigenvalue weighted by atomic mass is 10.1. The minimum Gasteiger partial charge on any atom is -0.284 e. The van der Waals surface area contributed by atoms with Gasteiger partial charge in [0, 0.05) is 27.0 Å². The van der Waals surface area contributed by atoms with E-state index in [4.69, 9.17) is 4.98 Å². The summed E-state index contributed by atoms with van der Waals surface area (Å²) in [4.78, 5) is 5.92. The van der Waals surface area contributed by atoms with Crippen molar-refractivity contribution in [3.63, 3.8) is 0 Å². The Kier molecular flexibility index (Phi) is 5.27. The van der Waals surface area contributed by atoms with Gasteiger partial charge >= 0.3 is 0 Å². The molecule has 0 aliphatic heterocycles. The zero-order valence-electron chi connectivity index (χ0n) is 13.8. The van der Waals surface area contributed by atoms with Crippen LogP contribution in [0.2, 0.25) is 0 Å². The molecule has 0 radical (unpaired) electrons. The molecule has 7 heteroatoms. The summed E-state index contributed by atoms with van der Waals surface area (Å²) in [5.74, 6) is 0. The molecule has 3 aromatic rings. The minimum atomic E-state index is -3.26. The lowest BCUT2D eigenvalue weighted by molar-refractivity contribution is 0.607. The number of aromatic nitrogens is 1. The van der Waals surface area contributed by atoms with Crippen LogP contribution in [0.4, 0.5) is 5.69 Å². The number of thiazole rings is 1. The molecule has 0 spiro atoms. The number of halogens is 1. The zero-order valence-corrected chi connectivity index (χ0v) is 17.0. The summed E-state index contributed by atoms with van der Waals surface area (Å²) in [5, 5.41) is 1.06. The standard InChI is InChI=1S/C18H17BrN2O2S2/c1-12-18(14-5-9-16(10-6-14)21-25(2,22)23)20-17(24-12)11-13-3-7-15(19)8-4-13/h3-10,21H,11H2,1-2H3. The summed E-state index contributed by atoms with van der Waals surface area (Å²) in [6, 6.07) is 15.5. The van der Waals surface area contributed by atoms with Gasteiger partial charge in [-0.3, -0.25) is 4.72 Å². The van der Waals surface area contributed by atoms with E-state index in [-0.39, 0.29) is 0 Å². The number of anilines is 1. The second-order valence-electron chi connectivity index (χ2n) is 5.77. The Bertz CT molecular complexity index is 979. The molecule has 25 heavy (non-hydrogen) atoms. The highest BCUT2D eigenvalue weighted by Gasteiger charge is 2.11. The molecule has 0 saturated carbocycles. The Morgan fingerprint density at radius 3 is 2.32 bits per heavy atom. The van der Waals surface area contributed by atoms with Gasteiger partial charge in [0.2, 0.25) is 10.0 Å². The largest absolute Gasteiger partial charge is 0.284 e. The van der Waals surface area contributed by atoms with E-state index in [2.05, 4.69) is 39.7 Å². The van der Waals surface area contributed by atoms with Crippen molar-refractivity contribution >= 4 is 43.0 Å². The fourth-order valence-electron chi connectivity index (χ4n) is 2.48. The fraction of sp³-hybridized carbons (Fsp3) is 0.167. The van der Waals surface area contributed by atoms with Crippen LogP contribution in [-0.2, 0) is 16.4 Å². The van der Waals surface area contributed by atoms with Gasteiger partial charge in [-0.2, -0.15) is 0 Å². The lowest BCUT2D eigenvalue weighted by Crippen LogP contribution is -2.09. The molecule has 1 heterocycles. The Morgan fingerprint density at radius 1 is 1.08 bits per heavy atom. The smallest absolute Gasteiger partial charge is 0.229 e. The second-order valence-corrected chi connectivity index (χ2v) is 9.72. The first-order valence-electron chi connectivity index (χ1n) is 7.59. The van der Waals surface area contributed by atoms with Crippen LogP contribution in [0.25, 0.3) is 11.3 Å². The minimum absolute atomic E-state index is 0.550. The third-order valence-corrected chi connectivity index (χ3v) is 5.68. The van der Waals surface area contributed by atoms with Crippen molar-refractivity contribution in [1.82, 2.24) is 4.98 Å². The van der Waals surface area contributed by atoms with Gasteiger partial charge in [0.25, 0.3) is 0 Å². The Labute approximate surface area is 160 Å². The lowest BCUT2D eigenvalue weighted by Gasteiger charge is -2.05. The van der Waals surface area contributed by atoms with E-state index in [9.17, 15) is 8.42 Å². The third kappa shape index (κ3) is 4.90. The number of aryl methyl sites for hydroxylation is 1. The topological polar surface area (TPSA) is 59.1 Å². The average molecular weight is 437 g/mol. The van der Waals surface area contributed by atoms with Crippen LogP contribution >= 0.6 is 27.3 Å².